The van der Waals surface area contributed by atoms with E-state index in [4.69, 9.17) is 4.74 Å². The summed E-state index contributed by atoms with van der Waals surface area (Å²) in [7, 11) is 0. The minimum atomic E-state index is 0.352. The molecule has 1 nitrogen and oxygen atoms in total. The molecular weight excluding hydrogens is 240 g/mol. The molecule has 0 N–H and O–H groups in total. The first-order valence-electron chi connectivity index (χ1n) is 5.81. The fraction of sp³-hybridized carbons (Fsp3) is 0.833. The van der Waals surface area contributed by atoms with Gasteiger partial charge in [0.05, 0.1) is 6.10 Å². The fourth-order valence-electron chi connectivity index (χ4n) is 1.72. The van der Waals surface area contributed by atoms with Gasteiger partial charge in [-0.15, -0.1) is 0 Å². The van der Waals surface area contributed by atoms with Crippen molar-refractivity contribution in [2.45, 2.75) is 58.0 Å². The monoisotopic (exact) mass is 260 g/mol. The van der Waals surface area contributed by atoms with Crippen LogP contribution in [-0.2, 0) is 4.74 Å². The number of rotatable bonds is 5. The minimum Gasteiger partial charge on any atom is -0.373 e. The molecule has 0 aromatic heterocycles. The Morgan fingerprint density at radius 1 is 1.43 bits per heavy atom. The van der Waals surface area contributed by atoms with E-state index in [0.717, 1.165) is 6.61 Å². The Balaban J connectivity index is 2.20. The Labute approximate surface area is 96.0 Å². The number of allylic oxidation sites excluding steroid dienone is 1. The van der Waals surface area contributed by atoms with Gasteiger partial charge < -0.3 is 4.74 Å². The van der Waals surface area contributed by atoms with E-state index in [2.05, 4.69) is 28.9 Å². The Hall–Kier alpha value is 0.180. The van der Waals surface area contributed by atoms with Gasteiger partial charge >= 0.3 is 0 Å². The third kappa shape index (κ3) is 4.61. The maximum absolute atomic E-state index is 5.68. The van der Waals surface area contributed by atoms with Crippen LogP contribution in [0.15, 0.2) is 10.6 Å². The Morgan fingerprint density at radius 3 is 2.93 bits per heavy atom. The second kappa shape index (κ2) is 7.47. The molecule has 0 spiro atoms. The van der Waals surface area contributed by atoms with E-state index < -0.39 is 0 Å². The highest BCUT2D eigenvalue weighted by atomic mass is 79.9. The van der Waals surface area contributed by atoms with E-state index in [0.29, 0.717) is 6.10 Å². The zero-order valence-electron chi connectivity index (χ0n) is 9.10. The summed E-state index contributed by atoms with van der Waals surface area (Å²) < 4.78 is 6.95. The van der Waals surface area contributed by atoms with Crippen LogP contribution in [0, 0.1) is 0 Å². The fourth-order valence-corrected chi connectivity index (χ4v) is 2.31. The zero-order valence-corrected chi connectivity index (χ0v) is 10.7. The molecule has 0 amide bonds. The van der Waals surface area contributed by atoms with E-state index in [1.54, 1.807) is 0 Å². The average Bonchev–Trinajstić information content (AvgIpc) is 2.25. The molecule has 0 aromatic carbocycles. The van der Waals surface area contributed by atoms with Gasteiger partial charge in [-0.05, 0) is 32.1 Å². The average molecular weight is 261 g/mol. The van der Waals surface area contributed by atoms with E-state index in [1.807, 2.05) is 0 Å². The molecule has 0 bridgehead atoms. The lowest BCUT2D eigenvalue weighted by atomic mass is 10.1. The van der Waals surface area contributed by atoms with Crippen molar-refractivity contribution < 1.29 is 4.74 Å². The van der Waals surface area contributed by atoms with Gasteiger partial charge in [0.15, 0.2) is 0 Å². The molecule has 1 aliphatic heterocycles. The van der Waals surface area contributed by atoms with Crippen LogP contribution in [0.25, 0.3) is 0 Å². The van der Waals surface area contributed by atoms with Crippen LogP contribution < -0.4 is 0 Å². The zero-order chi connectivity index (χ0) is 10.2. The summed E-state index contributed by atoms with van der Waals surface area (Å²) in [5.74, 6) is 0. The normalized spacial score (nSPS) is 23.9. The van der Waals surface area contributed by atoms with Crippen LogP contribution in [0.1, 0.15) is 51.9 Å². The number of halogens is 1. The summed E-state index contributed by atoms with van der Waals surface area (Å²) in [6, 6.07) is 0. The molecule has 1 unspecified atom stereocenters. The third-order valence-electron chi connectivity index (χ3n) is 2.63. The maximum atomic E-state index is 5.68. The lowest BCUT2D eigenvalue weighted by molar-refractivity contribution is 0.0446. The molecule has 1 saturated heterocycles. The highest BCUT2D eigenvalue weighted by Crippen LogP contribution is 2.24. The van der Waals surface area contributed by atoms with E-state index >= 15 is 0 Å². The van der Waals surface area contributed by atoms with Crippen LogP contribution in [0.5, 0.6) is 0 Å². The van der Waals surface area contributed by atoms with E-state index in [9.17, 15) is 0 Å². The first kappa shape index (κ1) is 12.3. The van der Waals surface area contributed by atoms with Crippen molar-refractivity contribution in [3.05, 3.63) is 10.6 Å². The van der Waals surface area contributed by atoms with Gasteiger partial charge in [-0.3, -0.25) is 0 Å². The summed E-state index contributed by atoms with van der Waals surface area (Å²) in [5, 5.41) is 0. The van der Waals surface area contributed by atoms with Gasteiger partial charge in [0, 0.05) is 11.1 Å². The summed E-state index contributed by atoms with van der Waals surface area (Å²) in [6.07, 6.45) is 11.5. The second-order valence-corrected chi connectivity index (χ2v) is 4.86. The van der Waals surface area contributed by atoms with Crippen LogP contribution in [0.3, 0.4) is 0 Å². The Morgan fingerprint density at radius 2 is 2.29 bits per heavy atom. The lowest BCUT2D eigenvalue weighted by Gasteiger charge is -2.22. The van der Waals surface area contributed by atoms with E-state index in [1.165, 1.54) is 49.4 Å². The smallest absolute Gasteiger partial charge is 0.0886 e. The molecule has 0 aliphatic carbocycles. The highest BCUT2D eigenvalue weighted by Gasteiger charge is 2.15. The van der Waals surface area contributed by atoms with Crippen molar-refractivity contribution in [3.8, 4) is 0 Å². The summed E-state index contributed by atoms with van der Waals surface area (Å²) in [5.41, 5.74) is 0. The quantitative estimate of drug-likeness (QED) is 0.666. The van der Waals surface area contributed by atoms with Crippen molar-refractivity contribution in [1.29, 1.82) is 0 Å². The lowest BCUT2D eigenvalue weighted by Crippen LogP contribution is -2.18. The molecule has 82 valence electrons. The highest BCUT2D eigenvalue weighted by molar-refractivity contribution is 9.11. The minimum absolute atomic E-state index is 0.352. The molecule has 14 heavy (non-hydrogen) atoms. The topological polar surface area (TPSA) is 9.23 Å². The van der Waals surface area contributed by atoms with Crippen molar-refractivity contribution >= 4 is 15.9 Å². The van der Waals surface area contributed by atoms with Gasteiger partial charge in [0.2, 0.25) is 0 Å². The van der Waals surface area contributed by atoms with Crippen molar-refractivity contribution in [1.82, 2.24) is 0 Å². The molecule has 0 aromatic rings. The Bertz CT molecular complexity index is 171. The molecule has 1 fully saturated rings. The van der Waals surface area contributed by atoms with Gasteiger partial charge in [-0.25, -0.2) is 0 Å². The molecule has 1 heterocycles. The molecule has 2 heteroatoms. The third-order valence-corrected chi connectivity index (χ3v) is 3.47. The van der Waals surface area contributed by atoms with Crippen LogP contribution in [0.4, 0.5) is 0 Å². The predicted octanol–water partition coefficient (Wildman–Crippen LogP) is 4.41. The van der Waals surface area contributed by atoms with Crippen molar-refractivity contribution in [3.63, 3.8) is 0 Å². The molecule has 1 aliphatic rings. The maximum Gasteiger partial charge on any atom is 0.0886 e. The SMILES string of the molecule is CCCCC/C=C(/Br)C1CCCCO1. The van der Waals surface area contributed by atoms with Gasteiger partial charge in [0.1, 0.15) is 0 Å². The van der Waals surface area contributed by atoms with Crippen LogP contribution >= 0.6 is 15.9 Å². The van der Waals surface area contributed by atoms with E-state index in [-0.39, 0.29) is 0 Å². The molecule has 1 rings (SSSR count). The van der Waals surface area contributed by atoms with Gasteiger partial charge in [0.25, 0.3) is 0 Å². The number of hydrogen-bond donors (Lipinski definition) is 0. The Kier molecular flexibility index (Phi) is 6.54. The summed E-state index contributed by atoms with van der Waals surface area (Å²) >= 11 is 3.63. The molecule has 0 saturated carbocycles. The first-order valence-corrected chi connectivity index (χ1v) is 6.61. The molecule has 1 atom stereocenters. The van der Waals surface area contributed by atoms with Gasteiger partial charge in [-0.2, -0.15) is 0 Å². The molecule has 0 radical (unpaired) electrons. The number of ether oxygens (including phenoxy) is 1. The van der Waals surface area contributed by atoms with Gasteiger partial charge in [-0.1, -0.05) is 41.8 Å². The van der Waals surface area contributed by atoms with Crippen LogP contribution in [0.2, 0.25) is 0 Å². The predicted molar refractivity (Wildman–Crippen MR) is 64.7 cm³/mol. The molecular formula is C12H21BrO. The first-order chi connectivity index (χ1) is 6.84. The van der Waals surface area contributed by atoms with Crippen LogP contribution in [-0.4, -0.2) is 12.7 Å². The second-order valence-electron chi connectivity index (χ2n) is 3.94. The number of hydrogen-bond acceptors (Lipinski definition) is 1. The van der Waals surface area contributed by atoms with Crippen molar-refractivity contribution in [2.24, 2.45) is 0 Å². The standard InChI is InChI=1S/C12H21BrO/c1-2-3-4-5-8-11(13)12-9-6-7-10-14-12/h8,12H,2-7,9-10H2,1H3/b11-8+. The summed E-state index contributed by atoms with van der Waals surface area (Å²) in [6.45, 7) is 3.17. The summed E-state index contributed by atoms with van der Waals surface area (Å²) in [4.78, 5) is 0. The largest absolute Gasteiger partial charge is 0.373 e. The number of unbranched alkanes of at least 4 members (excludes halogenated alkanes) is 3. The van der Waals surface area contributed by atoms with Crippen molar-refractivity contribution in [2.75, 3.05) is 6.61 Å².